The van der Waals surface area contributed by atoms with Crippen LogP contribution in [0.1, 0.15) is 101 Å². The molecule has 3 rings (SSSR count). The van der Waals surface area contributed by atoms with Crippen LogP contribution in [0.2, 0.25) is 0 Å². The molecule has 1 aromatic rings. The molecular weight excluding hydrogens is 314 g/mol. The van der Waals surface area contributed by atoms with Crippen LogP contribution in [-0.2, 0) is 22.4 Å². The second-order valence-electron chi connectivity index (χ2n) is 8.87. The Bertz CT molecular complexity index is 574. The van der Waals surface area contributed by atoms with E-state index in [1.807, 2.05) is 20.8 Å². The van der Waals surface area contributed by atoms with Gasteiger partial charge in [0.2, 0.25) is 0 Å². The molecule has 2 aliphatic rings. The molecule has 2 aliphatic carbocycles. The highest BCUT2D eigenvalue weighted by molar-refractivity contribution is 5.70. The summed E-state index contributed by atoms with van der Waals surface area (Å²) < 4.78 is 11.1. The lowest BCUT2D eigenvalue weighted by atomic mass is 9.85. The number of carbonyl (C=O) groups is 1. The van der Waals surface area contributed by atoms with E-state index < -0.39 is 5.60 Å². The lowest BCUT2D eigenvalue weighted by molar-refractivity contribution is -0.154. The van der Waals surface area contributed by atoms with E-state index in [0.29, 0.717) is 18.8 Å². The minimum Gasteiger partial charge on any atom is -0.460 e. The first-order valence-corrected chi connectivity index (χ1v) is 10.1. The van der Waals surface area contributed by atoms with Gasteiger partial charge in [-0.15, -0.1) is 0 Å². The number of esters is 1. The molecule has 0 amide bonds. The Morgan fingerprint density at radius 1 is 1.12 bits per heavy atom. The Morgan fingerprint density at radius 3 is 2.48 bits per heavy atom. The topological polar surface area (TPSA) is 52.3 Å². The highest BCUT2D eigenvalue weighted by Crippen LogP contribution is 2.44. The molecule has 0 radical (unpaired) electrons. The molecule has 2 fully saturated rings. The summed E-state index contributed by atoms with van der Waals surface area (Å²) in [5.41, 5.74) is 1.89. The first-order valence-electron chi connectivity index (χ1n) is 10.1. The van der Waals surface area contributed by atoms with Crippen molar-refractivity contribution in [2.24, 2.45) is 5.92 Å². The van der Waals surface area contributed by atoms with Crippen molar-refractivity contribution in [1.29, 1.82) is 0 Å². The summed E-state index contributed by atoms with van der Waals surface area (Å²) in [4.78, 5) is 12.0. The van der Waals surface area contributed by atoms with E-state index in [1.54, 1.807) is 0 Å². The van der Waals surface area contributed by atoms with Crippen LogP contribution in [0.4, 0.5) is 0 Å². The van der Waals surface area contributed by atoms with Crippen molar-refractivity contribution in [1.82, 2.24) is 5.16 Å². The molecule has 25 heavy (non-hydrogen) atoms. The van der Waals surface area contributed by atoms with Crippen LogP contribution in [0, 0.1) is 5.92 Å². The van der Waals surface area contributed by atoms with Crippen LogP contribution in [0.3, 0.4) is 0 Å². The molecule has 0 saturated heterocycles. The molecule has 4 nitrogen and oxygen atoms in total. The normalized spacial score (nSPS) is 19.2. The van der Waals surface area contributed by atoms with Gasteiger partial charge in [-0.05, 0) is 51.9 Å². The number of nitrogens with zero attached hydrogens (tertiary/aromatic N) is 1. The van der Waals surface area contributed by atoms with E-state index in [-0.39, 0.29) is 5.97 Å². The third-order valence-electron chi connectivity index (χ3n) is 5.35. The Balaban J connectivity index is 1.57. The Kier molecular flexibility index (Phi) is 5.85. The van der Waals surface area contributed by atoms with Crippen LogP contribution < -0.4 is 0 Å². The first kappa shape index (κ1) is 18.5. The molecule has 140 valence electrons. The summed E-state index contributed by atoms with van der Waals surface area (Å²) in [6.07, 6.45) is 12.6. The van der Waals surface area contributed by atoms with E-state index in [2.05, 4.69) is 5.16 Å². The van der Waals surface area contributed by atoms with Crippen molar-refractivity contribution in [3.63, 3.8) is 0 Å². The third kappa shape index (κ3) is 5.58. The molecule has 0 atom stereocenters. The molecule has 0 aromatic carbocycles. The summed E-state index contributed by atoms with van der Waals surface area (Å²) in [6, 6.07) is 0. The standard InChI is InChI=1S/C21H33NO3/c1-21(2,3)24-19(23)14-12-17-20(16-10-11-16)18(25-22-17)13-9-15-7-5-4-6-8-15/h15-16H,4-14H2,1-3H3. The van der Waals surface area contributed by atoms with Crippen LogP contribution in [0.5, 0.6) is 0 Å². The minimum atomic E-state index is -0.425. The number of rotatable bonds is 7. The van der Waals surface area contributed by atoms with Gasteiger partial charge in [-0.3, -0.25) is 4.79 Å². The quantitative estimate of drug-likeness (QED) is 0.625. The third-order valence-corrected chi connectivity index (χ3v) is 5.35. The monoisotopic (exact) mass is 347 g/mol. The van der Waals surface area contributed by atoms with E-state index in [1.165, 1.54) is 56.9 Å². The molecule has 0 bridgehead atoms. The van der Waals surface area contributed by atoms with Gasteiger partial charge < -0.3 is 9.26 Å². The summed E-state index contributed by atoms with van der Waals surface area (Å²) in [7, 11) is 0. The summed E-state index contributed by atoms with van der Waals surface area (Å²) in [6.45, 7) is 5.71. The van der Waals surface area contributed by atoms with Gasteiger partial charge in [0, 0.05) is 18.4 Å². The van der Waals surface area contributed by atoms with Crippen LogP contribution in [-0.4, -0.2) is 16.7 Å². The SMILES string of the molecule is CC(C)(C)OC(=O)CCc1noc(CCC2CCCCC2)c1C1CC1. The van der Waals surface area contributed by atoms with Gasteiger partial charge in [0.1, 0.15) is 11.4 Å². The second-order valence-corrected chi connectivity index (χ2v) is 8.87. The molecule has 0 spiro atoms. The van der Waals surface area contributed by atoms with Crippen molar-refractivity contribution in [2.45, 2.75) is 103 Å². The zero-order chi connectivity index (χ0) is 17.9. The van der Waals surface area contributed by atoms with E-state index >= 15 is 0 Å². The fourth-order valence-corrected chi connectivity index (χ4v) is 3.99. The van der Waals surface area contributed by atoms with Crippen LogP contribution in [0.25, 0.3) is 0 Å². The highest BCUT2D eigenvalue weighted by Gasteiger charge is 2.32. The second kappa shape index (κ2) is 7.92. The lowest BCUT2D eigenvalue weighted by Gasteiger charge is -2.20. The predicted molar refractivity (Wildman–Crippen MR) is 97.5 cm³/mol. The minimum absolute atomic E-state index is 0.152. The molecule has 1 aromatic heterocycles. The number of hydrogen-bond acceptors (Lipinski definition) is 4. The summed E-state index contributed by atoms with van der Waals surface area (Å²) in [5.74, 6) is 2.41. The van der Waals surface area contributed by atoms with Crippen LogP contribution >= 0.6 is 0 Å². The molecule has 0 N–H and O–H groups in total. The van der Waals surface area contributed by atoms with E-state index in [0.717, 1.165) is 23.8 Å². The van der Waals surface area contributed by atoms with Crippen LogP contribution in [0.15, 0.2) is 4.52 Å². The van der Waals surface area contributed by atoms with Crippen molar-refractivity contribution in [2.75, 3.05) is 0 Å². The fourth-order valence-electron chi connectivity index (χ4n) is 3.99. The van der Waals surface area contributed by atoms with Gasteiger partial charge in [-0.1, -0.05) is 37.3 Å². The van der Waals surface area contributed by atoms with Crippen molar-refractivity contribution >= 4 is 5.97 Å². The number of aromatic nitrogens is 1. The maximum atomic E-state index is 12.0. The lowest BCUT2D eigenvalue weighted by Crippen LogP contribution is -2.24. The zero-order valence-corrected chi connectivity index (χ0v) is 16.1. The summed E-state index contributed by atoms with van der Waals surface area (Å²) >= 11 is 0. The van der Waals surface area contributed by atoms with Gasteiger partial charge >= 0.3 is 5.97 Å². The van der Waals surface area contributed by atoms with Gasteiger partial charge in [0.05, 0.1) is 12.1 Å². The number of aryl methyl sites for hydroxylation is 2. The van der Waals surface area contributed by atoms with Gasteiger partial charge in [0.15, 0.2) is 0 Å². The predicted octanol–water partition coefficient (Wildman–Crippen LogP) is 5.34. The zero-order valence-electron chi connectivity index (χ0n) is 16.1. The Hall–Kier alpha value is -1.32. The first-order chi connectivity index (χ1) is 11.9. The number of hydrogen-bond donors (Lipinski definition) is 0. The molecule has 2 saturated carbocycles. The van der Waals surface area contributed by atoms with Crippen molar-refractivity contribution in [3.05, 3.63) is 17.0 Å². The van der Waals surface area contributed by atoms with Gasteiger partial charge in [-0.2, -0.15) is 0 Å². The molecule has 1 heterocycles. The average Bonchev–Trinajstić information content (AvgIpc) is 3.31. The molecule has 4 heteroatoms. The number of carbonyl (C=O) groups excluding carboxylic acids is 1. The highest BCUT2D eigenvalue weighted by atomic mass is 16.6. The fraction of sp³-hybridized carbons (Fsp3) is 0.810. The van der Waals surface area contributed by atoms with E-state index in [4.69, 9.17) is 9.26 Å². The Labute approximate surface area is 151 Å². The Morgan fingerprint density at radius 2 is 1.84 bits per heavy atom. The summed E-state index contributed by atoms with van der Waals surface area (Å²) in [5, 5.41) is 4.33. The van der Waals surface area contributed by atoms with Crippen molar-refractivity contribution < 1.29 is 14.1 Å². The molecule has 0 unspecified atom stereocenters. The maximum Gasteiger partial charge on any atom is 0.306 e. The average molecular weight is 347 g/mol. The molecular formula is C21H33NO3. The van der Waals surface area contributed by atoms with Gasteiger partial charge in [0.25, 0.3) is 0 Å². The largest absolute Gasteiger partial charge is 0.460 e. The molecule has 0 aliphatic heterocycles. The maximum absolute atomic E-state index is 12.0. The van der Waals surface area contributed by atoms with E-state index in [9.17, 15) is 4.79 Å². The van der Waals surface area contributed by atoms with Gasteiger partial charge in [-0.25, -0.2) is 0 Å². The smallest absolute Gasteiger partial charge is 0.306 e. The number of ether oxygens (including phenoxy) is 1. The van der Waals surface area contributed by atoms with Crippen molar-refractivity contribution in [3.8, 4) is 0 Å².